The van der Waals surface area contributed by atoms with Gasteiger partial charge in [0.1, 0.15) is 0 Å². The Kier molecular flexibility index (Phi) is 9.12. The molecule has 3 aromatic rings. The minimum atomic E-state index is -3.60. The number of thiazole rings is 1. The van der Waals surface area contributed by atoms with Gasteiger partial charge in [0.15, 0.2) is 5.13 Å². The Morgan fingerprint density at radius 3 is 2.38 bits per heavy atom. The van der Waals surface area contributed by atoms with Crippen molar-refractivity contribution < 1.29 is 13.2 Å². The number of aromatic nitrogens is 1. The number of amides is 1. The highest BCUT2D eigenvalue weighted by Gasteiger charge is 2.27. The van der Waals surface area contributed by atoms with Gasteiger partial charge in [-0.25, -0.2) is 18.8 Å². The number of nitrogens with one attached hydrogen (secondary N) is 1. The van der Waals surface area contributed by atoms with Crippen LogP contribution in [0.4, 0.5) is 5.13 Å². The molecule has 2 aliphatic rings. The van der Waals surface area contributed by atoms with Gasteiger partial charge in [-0.2, -0.15) is 9.41 Å². The number of hydrazone groups is 1. The molecule has 0 bridgehead atoms. The summed E-state index contributed by atoms with van der Waals surface area (Å²) in [4.78, 5) is 21.0. The predicted octanol–water partition coefficient (Wildman–Crippen LogP) is 4.93. The molecule has 2 saturated heterocycles. The van der Waals surface area contributed by atoms with Crippen LogP contribution < -0.4 is 10.3 Å². The summed E-state index contributed by atoms with van der Waals surface area (Å²) in [5.74, 6) is -0.466. The second-order valence-electron chi connectivity index (χ2n) is 8.96. The molecule has 1 aromatic heterocycles. The number of anilines is 1. The van der Waals surface area contributed by atoms with Crippen molar-refractivity contribution in [3.05, 3.63) is 65.0 Å². The number of benzene rings is 2. The van der Waals surface area contributed by atoms with E-state index >= 15 is 0 Å². The van der Waals surface area contributed by atoms with E-state index in [9.17, 15) is 13.2 Å². The van der Waals surface area contributed by atoms with Gasteiger partial charge in [-0.15, -0.1) is 17.0 Å². The van der Waals surface area contributed by atoms with E-state index < -0.39 is 15.9 Å². The second kappa shape index (κ2) is 12.3. The Bertz CT molecular complexity index is 1350. The highest BCUT2D eigenvalue weighted by atomic mass is 79.9. The summed E-state index contributed by atoms with van der Waals surface area (Å²) in [5, 5.41) is 5.16. The van der Waals surface area contributed by atoms with Crippen LogP contribution in [0.15, 0.2) is 64.6 Å². The highest BCUT2D eigenvalue weighted by Crippen LogP contribution is 2.33. The number of carbonyl (C=O) groups excluding carboxylic acids is 1. The average Bonchev–Trinajstić information content (AvgIpc) is 3.61. The molecule has 0 aliphatic carbocycles. The summed E-state index contributed by atoms with van der Waals surface area (Å²) in [6, 6.07) is 16.0. The standard InChI is InChI=1S/C26H29N5O3S2.BrH/c32-25(21-12-9-13-22(18-21)36(33,34)31-16-7-8-17-31)29-27-19-23-24(20-10-3-1-4-11-20)28-26(35-23)30-14-5-2-6-15-30;/h1,3-4,9-13,18-19H,2,5-8,14-17H2,(H,29,32);1H/b27-19+;. The van der Waals surface area contributed by atoms with Gasteiger partial charge >= 0.3 is 0 Å². The van der Waals surface area contributed by atoms with Crippen LogP contribution in [0.1, 0.15) is 47.3 Å². The summed E-state index contributed by atoms with van der Waals surface area (Å²) in [6.07, 6.45) is 6.90. The molecule has 0 spiro atoms. The minimum Gasteiger partial charge on any atom is -0.348 e. The molecular formula is C26H30BrN5O3S2. The Morgan fingerprint density at radius 1 is 0.946 bits per heavy atom. The quantitative estimate of drug-likeness (QED) is 0.305. The average molecular weight is 605 g/mol. The number of rotatable bonds is 7. The van der Waals surface area contributed by atoms with E-state index in [0.29, 0.717) is 13.1 Å². The van der Waals surface area contributed by atoms with Crippen molar-refractivity contribution in [2.45, 2.75) is 37.0 Å². The topological polar surface area (TPSA) is 95.0 Å². The van der Waals surface area contributed by atoms with Crippen molar-refractivity contribution in [2.24, 2.45) is 5.10 Å². The number of halogens is 1. The van der Waals surface area contributed by atoms with Crippen LogP contribution in [0, 0.1) is 0 Å². The molecule has 2 fully saturated rings. The molecule has 0 radical (unpaired) electrons. The third-order valence-corrected chi connectivity index (χ3v) is 9.41. The molecular weight excluding hydrogens is 574 g/mol. The number of hydrogen-bond donors (Lipinski definition) is 1. The van der Waals surface area contributed by atoms with Crippen LogP contribution in [0.3, 0.4) is 0 Å². The van der Waals surface area contributed by atoms with Crippen molar-refractivity contribution in [3.63, 3.8) is 0 Å². The minimum absolute atomic E-state index is 0. The summed E-state index contributed by atoms with van der Waals surface area (Å²) in [7, 11) is -3.60. The SMILES string of the molecule is Br.O=C(N/N=C/c1sc(N2CCCCC2)nc1-c1ccccc1)c1cccc(S(=O)(=O)N2CCCC2)c1. The number of hydrogen-bond acceptors (Lipinski definition) is 7. The maximum absolute atomic E-state index is 12.9. The number of piperidine rings is 1. The van der Waals surface area contributed by atoms with E-state index in [-0.39, 0.29) is 27.4 Å². The van der Waals surface area contributed by atoms with Gasteiger partial charge in [-0.3, -0.25) is 4.79 Å². The lowest BCUT2D eigenvalue weighted by atomic mass is 10.1. The van der Waals surface area contributed by atoms with Gasteiger partial charge in [-0.05, 0) is 50.3 Å². The van der Waals surface area contributed by atoms with E-state index in [4.69, 9.17) is 4.98 Å². The summed E-state index contributed by atoms with van der Waals surface area (Å²) < 4.78 is 27.2. The zero-order valence-electron chi connectivity index (χ0n) is 20.4. The molecule has 196 valence electrons. The summed E-state index contributed by atoms with van der Waals surface area (Å²) in [6.45, 7) is 3.01. The fourth-order valence-corrected chi connectivity index (χ4v) is 7.09. The molecule has 11 heteroatoms. The largest absolute Gasteiger partial charge is 0.348 e. The molecule has 0 unspecified atom stereocenters. The molecule has 3 heterocycles. The molecule has 1 N–H and O–H groups in total. The first-order valence-corrected chi connectivity index (χ1v) is 14.5. The fraction of sp³-hybridized carbons (Fsp3) is 0.346. The van der Waals surface area contributed by atoms with Crippen LogP contribution in [-0.2, 0) is 10.0 Å². The van der Waals surface area contributed by atoms with Crippen molar-refractivity contribution in [2.75, 3.05) is 31.1 Å². The number of nitrogens with zero attached hydrogens (tertiary/aromatic N) is 4. The normalized spacial score (nSPS) is 16.6. The first-order valence-electron chi connectivity index (χ1n) is 12.3. The molecule has 8 nitrogen and oxygen atoms in total. The van der Waals surface area contributed by atoms with E-state index in [1.165, 1.54) is 22.9 Å². The van der Waals surface area contributed by atoms with Crippen molar-refractivity contribution in [1.82, 2.24) is 14.7 Å². The van der Waals surface area contributed by atoms with Crippen LogP contribution in [0.2, 0.25) is 0 Å². The molecule has 0 saturated carbocycles. The van der Waals surface area contributed by atoms with E-state index in [2.05, 4.69) is 15.4 Å². The van der Waals surface area contributed by atoms with Gasteiger partial charge in [0.2, 0.25) is 10.0 Å². The zero-order valence-corrected chi connectivity index (χ0v) is 23.7. The molecule has 2 aliphatic heterocycles. The summed E-state index contributed by atoms with van der Waals surface area (Å²) in [5.41, 5.74) is 4.62. The van der Waals surface area contributed by atoms with E-state index in [1.54, 1.807) is 29.7 Å². The predicted molar refractivity (Wildman–Crippen MR) is 153 cm³/mol. The molecule has 37 heavy (non-hydrogen) atoms. The lowest BCUT2D eigenvalue weighted by Crippen LogP contribution is -2.29. The van der Waals surface area contributed by atoms with Crippen LogP contribution in [-0.4, -0.2) is 56.0 Å². The fourth-order valence-electron chi connectivity index (χ4n) is 4.52. The Balaban J connectivity index is 0.00000320. The molecule has 5 rings (SSSR count). The van der Waals surface area contributed by atoms with Gasteiger partial charge in [0.05, 0.1) is 21.7 Å². The molecule has 0 atom stereocenters. The van der Waals surface area contributed by atoms with Gasteiger partial charge < -0.3 is 4.90 Å². The van der Waals surface area contributed by atoms with Crippen molar-refractivity contribution in [1.29, 1.82) is 0 Å². The zero-order chi connectivity index (χ0) is 25.0. The third-order valence-electron chi connectivity index (χ3n) is 6.46. The van der Waals surface area contributed by atoms with E-state index in [0.717, 1.165) is 60.0 Å². The molecule has 1 amide bonds. The van der Waals surface area contributed by atoms with Gasteiger partial charge in [-0.1, -0.05) is 47.7 Å². The number of carbonyl (C=O) groups is 1. The van der Waals surface area contributed by atoms with Crippen molar-refractivity contribution in [3.8, 4) is 11.3 Å². The van der Waals surface area contributed by atoms with Crippen molar-refractivity contribution >= 4 is 55.6 Å². The lowest BCUT2D eigenvalue weighted by molar-refractivity contribution is 0.0955. The monoisotopic (exact) mass is 603 g/mol. The molecule has 2 aromatic carbocycles. The Morgan fingerprint density at radius 2 is 1.65 bits per heavy atom. The maximum atomic E-state index is 12.9. The van der Waals surface area contributed by atoms with Crippen LogP contribution in [0.25, 0.3) is 11.3 Å². The van der Waals surface area contributed by atoms with Crippen LogP contribution >= 0.6 is 28.3 Å². The van der Waals surface area contributed by atoms with Gasteiger partial charge in [0, 0.05) is 37.3 Å². The third kappa shape index (κ3) is 6.28. The van der Waals surface area contributed by atoms with E-state index in [1.807, 2.05) is 30.3 Å². The maximum Gasteiger partial charge on any atom is 0.271 e. The van der Waals surface area contributed by atoms with Crippen LogP contribution in [0.5, 0.6) is 0 Å². The van der Waals surface area contributed by atoms with Gasteiger partial charge in [0.25, 0.3) is 5.91 Å². The number of sulfonamides is 1. The first-order chi connectivity index (χ1) is 17.5. The Hall–Kier alpha value is -2.60. The summed E-state index contributed by atoms with van der Waals surface area (Å²) >= 11 is 1.56. The second-order valence-corrected chi connectivity index (χ2v) is 11.9. The lowest BCUT2D eigenvalue weighted by Gasteiger charge is -2.25. The Labute approximate surface area is 232 Å². The first kappa shape index (κ1) is 27.4. The smallest absolute Gasteiger partial charge is 0.271 e. The highest BCUT2D eigenvalue weighted by molar-refractivity contribution is 8.93.